The van der Waals surface area contributed by atoms with Crippen molar-refractivity contribution in [3.63, 3.8) is 0 Å². The number of carboxylic acid groups (broad SMARTS) is 2. The van der Waals surface area contributed by atoms with Crippen LogP contribution in [0.5, 0.6) is 11.5 Å². The number of fused-ring (bicyclic) bond motifs is 2. The lowest BCUT2D eigenvalue weighted by molar-refractivity contribution is -0.917. The molecule has 0 radical (unpaired) electrons. The molecule has 0 aliphatic carbocycles. The second-order valence-corrected chi connectivity index (χ2v) is 25.4. The topological polar surface area (TPSA) is 265 Å². The number of quaternary nitrogens is 2. The summed E-state index contributed by atoms with van der Waals surface area (Å²) in [5.41, 5.74) is 6.44. The molecule has 4 aliphatic heterocycles. The van der Waals surface area contributed by atoms with E-state index in [0.717, 1.165) is 121 Å². The Labute approximate surface area is 568 Å². The summed E-state index contributed by atoms with van der Waals surface area (Å²) < 4.78 is 137. The van der Waals surface area contributed by atoms with Crippen LogP contribution < -0.4 is 51.6 Å². The number of aliphatic carboxylic acids is 2. The van der Waals surface area contributed by atoms with Gasteiger partial charge in [-0.2, -0.15) is 35.1 Å². The van der Waals surface area contributed by atoms with Crippen LogP contribution in [0.4, 0.5) is 66.9 Å². The van der Waals surface area contributed by atoms with Crippen LogP contribution in [0, 0.1) is 35.1 Å². The molecule has 22 nitrogen and oxygen atoms in total. The van der Waals surface area contributed by atoms with Gasteiger partial charge in [-0.25, -0.2) is 28.7 Å². The van der Waals surface area contributed by atoms with Gasteiger partial charge in [-0.1, -0.05) is 13.8 Å². The summed E-state index contributed by atoms with van der Waals surface area (Å²) in [4.78, 5) is 62.0. The summed E-state index contributed by atoms with van der Waals surface area (Å²) in [6.45, 7) is 15.3. The van der Waals surface area contributed by atoms with E-state index in [-0.39, 0.29) is 46.5 Å². The normalized spacial score (nSPS) is 19.2. The van der Waals surface area contributed by atoms with Gasteiger partial charge in [0.2, 0.25) is 11.6 Å². The number of anilines is 4. The van der Waals surface area contributed by atoms with E-state index in [4.69, 9.17) is 29.3 Å². The monoisotopic (exact) mass is 1410 g/mol. The number of nitrogens with zero attached hydrogens (tertiary/aromatic N) is 8. The van der Waals surface area contributed by atoms with Crippen molar-refractivity contribution in [1.29, 1.82) is 0 Å². The van der Waals surface area contributed by atoms with Gasteiger partial charge in [0.15, 0.2) is 46.1 Å². The fraction of sp³-hybridized carbons (Fsp3) is 0.412. The number of ether oxygens (including phenoxy) is 2. The third-order valence-corrected chi connectivity index (χ3v) is 18.3. The smallest absolute Gasteiger partial charge is 0.430 e. The van der Waals surface area contributed by atoms with Crippen molar-refractivity contribution >= 4 is 58.1 Å². The zero-order chi connectivity index (χ0) is 72.4. The molecule has 4 saturated heterocycles. The Morgan fingerprint density at radius 1 is 0.550 bits per heavy atom. The number of alkyl halides is 6. The SMILES string of the molecule is CCc1cc(Nc2nccn3c(-c4ccc(OC)c(F)c4F)cnc23)ccc1C(=O)NC1CC[N+](C)(CC2CNC2)CC1.CCc1cc(Nc2nccn3c(-c4ccc(OC)c(F)c4F)cnc23)ccc1C(=O)NC1CC[N+](C)(CC2CNC2)CC1.O=C([O-])C(F)(F)F.O=C([O-])C(F)(F)F. The maximum absolute atomic E-state index is 14.9. The molecule has 536 valence electrons. The average molecular weight is 1410 g/mol. The third kappa shape index (κ3) is 17.8. The van der Waals surface area contributed by atoms with E-state index in [1.165, 1.54) is 64.0 Å². The van der Waals surface area contributed by atoms with Crippen LogP contribution in [0.2, 0.25) is 0 Å². The molecule has 8 heterocycles. The van der Waals surface area contributed by atoms with Crippen molar-refractivity contribution in [2.24, 2.45) is 11.8 Å². The Morgan fingerprint density at radius 2 is 0.900 bits per heavy atom. The number of aryl methyl sites for hydroxylation is 2. The van der Waals surface area contributed by atoms with E-state index in [1.54, 1.807) is 33.6 Å². The molecule has 0 atom stereocenters. The molecule has 6 N–H and O–H groups in total. The summed E-state index contributed by atoms with van der Waals surface area (Å²) in [6, 6.07) is 17.3. The summed E-state index contributed by atoms with van der Waals surface area (Å²) in [5, 5.41) is 37.4. The summed E-state index contributed by atoms with van der Waals surface area (Å²) in [5.74, 6) is -8.12. The van der Waals surface area contributed by atoms with Crippen molar-refractivity contribution in [2.75, 3.05) is 104 Å². The molecule has 0 spiro atoms. The Balaban J connectivity index is 0.000000196. The fourth-order valence-electron chi connectivity index (χ4n) is 12.6. The number of carboxylic acids is 2. The van der Waals surface area contributed by atoms with Gasteiger partial charge in [0.05, 0.1) is 91.4 Å². The lowest BCUT2D eigenvalue weighted by Gasteiger charge is -2.44. The lowest BCUT2D eigenvalue weighted by atomic mass is 9.96. The number of piperidine rings is 2. The van der Waals surface area contributed by atoms with Crippen molar-refractivity contribution in [2.45, 2.75) is 76.8 Å². The minimum Gasteiger partial charge on any atom is -0.542 e. The molecule has 8 aromatic rings. The second kappa shape index (κ2) is 31.7. The average Bonchev–Trinajstić information content (AvgIpc) is 1.60. The molecule has 12 rings (SSSR count). The van der Waals surface area contributed by atoms with E-state index < -0.39 is 47.6 Å². The van der Waals surface area contributed by atoms with Crippen LogP contribution in [0.1, 0.15) is 71.4 Å². The minimum atomic E-state index is -5.19. The molecule has 32 heteroatoms. The van der Waals surface area contributed by atoms with E-state index in [1.807, 2.05) is 50.2 Å². The zero-order valence-electron chi connectivity index (χ0n) is 55.5. The number of nitrogens with one attached hydrogen (secondary N) is 6. The molecule has 0 saturated carbocycles. The van der Waals surface area contributed by atoms with Crippen molar-refractivity contribution in [3.05, 3.63) is 143 Å². The zero-order valence-corrected chi connectivity index (χ0v) is 55.5. The number of methoxy groups -OCH3 is 2. The highest BCUT2D eigenvalue weighted by Gasteiger charge is 2.37. The first kappa shape index (κ1) is 74.6. The lowest BCUT2D eigenvalue weighted by Crippen LogP contribution is -2.59. The molecule has 4 aliphatic rings. The van der Waals surface area contributed by atoms with Gasteiger partial charge < -0.3 is 70.1 Å². The maximum atomic E-state index is 14.9. The third-order valence-electron chi connectivity index (χ3n) is 18.3. The first-order valence-electron chi connectivity index (χ1n) is 32.2. The molecule has 4 fully saturated rings. The predicted octanol–water partition coefficient (Wildman–Crippen LogP) is 7.69. The van der Waals surface area contributed by atoms with Crippen LogP contribution in [0.25, 0.3) is 33.8 Å². The summed E-state index contributed by atoms with van der Waals surface area (Å²) in [7, 11) is 7.26. The number of rotatable bonds is 18. The highest BCUT2D eigenvalue weighted by atomic mass is 19.4. The van der Waals surface area contributed by atoms with Crippen molar-refractivity contribution in [1.82, 2.24) is 50.0 Å². The molecule has 0 unspecified atom stereocenters. The number of benzene rings is 4. The quantitative estimate of drug-likeness (QED) is 0.0355. The van der Waals surface area contributed by atoms with Crippen molar-refractivity contribution in [3.8, 4) is 34.0 Å². The number of carbonyl (C=O) groups excluding carboxylic acids is 4. The number of halogens is 10. The highest BCUT2D eigenvalue weighted by Crippen LogP contribution is 2.35. The van der Waals surface area contributed by atoms with E-state index in [2.05, 4.69) is 65.9 Å². The standard InChI is InChI=1S/2C32H37F2N7O2.2C2HF3O2/c2*1-4-21-15-23(5-6-24(21)32(42)39-22-9-13-41(2,14-10-22)19-20-16-35-17-20)38-30-31-37-18-26(40(31)12-11-36-30)25-7-8-27(43-3)29(34)28(25)33;2*3-2(4,5)1(6)7/h2*5-8,11-12,15,18,20,22,35H,4,9-10,13-14,16-17,19H2,1-3H3,(H-,36,38,39,42);2*(H,6,7). The molecule has 0 bridgehead atoms. The molecular weight excluding hydrogens is 1330 g/mol. The number of amides is 2. The second-order valence-electron chi connectivity index (χ2n) is 25.4. The largest absolute Gasteiger partial charge is 0.542 e. The van der Waals surface area contributed by atoms with E-state index >= 15 is 0 Å². The van der Waals surface area contributed by atoms with Crippen LogP contribution in [-0.2, 0) is 22.4 Å². The Bertz CT molecular complexity index is 3970. The summed E-state index contributed by atoms with van der Waals surface area (Å²) in [6.07, 6.45) is 4.30. The number of aromatic nitrogens is 6. The maximum Gasteiger partial charge on any atom is 0.430 e. The number of carbonyl (C=O) groups is 4. The van der Waals surface area contributed by atoms with E-state index in [9.17, 15) is 53.5 Å². The van der Waals surface area contributed by atoms with Gasteiger partial charge in [0.25, 0.3) is 11.8 Å². The Morgan fingerprint density at radius 3 is 1.20 bits per heavy atom. The van der Waals surface area contributed by atoms with Gasteiger partial charge >= 0.3 is 12.4 Å². The summed E-state index contributed by atoms with van der Waals surface area (Å²) >= 11 is 0. The Kier molecular flexibility index (Phi) is 23.6. The number of imidazole rings is 2. The van der Waals surface area contributed by atoms with Gasteiger partial charge in [-0.05, 0) is 84.6 Å². The molecule has 4 aromatic heterocycles. The first-order valence-corrected chi connectivity index (χ1v) is 32.2. The van der Waals surface area contributed by atoms with E-state index in [0.29, 0.717) is 58.3 Å². The molecular formula is C68H76F10N14O8. The number of hydrogen-bond donors (Lipinski definition) is 6. The van der Waals surface area contributed by atoms with Gasteiger partial charge in [-0.15, -0.1) is 0 Å². The van der Waals surface area contributed by atoms with Crippen molar-refractivity contribution < 1.29 is 91.7 Å². The van der Waals surface area contributed by atoms with Crippen LogP contribution >= 0.6 is 0 Å². The highest BCUT2D eigenvalue weighted by molar-refractivity contribution is 5.97. The first-order chi connectivity index (χ1) is 47.4. The predicted molar refractivity (Wildman–Crippen MR) is 345 cm³/mol. The fourth-order valence-corrected chi connectivity index (χ4v) is 12.6. The molecule has 4 aromatic carbocycles. The van der Waals surface area contributed by atoms with Gasteiger partial charge in [0.1, 0.15) is 11.9 Å². The molecule has 2 amide bonds. The van der Waals surface area contributed by atoms with Gasteiger partial charge in [-0.3, -0.25) is 18.4 Å². The Hall–Kier alpha value is -9.66. The van der Waals surface area contributed by atoms with Crippen LogP contribution in [0.3, 0.4) is 0 Å². The number of likely N-dealkylation sites (tertiary alicyclic amines) is 2. The van der Waals surface area contributed by atoms with Gasteiger partial charge in [0, 0.05) is 134 Å². The number of hydrogen-bond acceptors (Lipinski definition) is 16. The van der Waals surface area contributed by atoms with Crippen LogP contribution in [0.15, 0.2) is 97.8 Å². The molecule has 100 heavy (non-hydrogen) atoms. The van der Waals surface area contributed by atoms with Crippen LogP contribution in [-0.4, -0.2) is 180 Å². The minimum absolute atomic E-state index is 0.0421.